The summed E-state index contributed by atoms with van der Waals surface area (Å²) in [5.74, 6) is 0.520. The number of benzene rings is 1. The molecule has 0 unspecified atom stereocenters. The van der Waals surface area contributed by atoms with Gasteiger partial charge in [0.15, 0.2) is 0 Å². The average Bonchev–Trinajstić information content (AvgIpc) is 2.88. The van der Waals surface area contributed by atoms with E-state index in [9.17, 15) is 14.7 Å². The van der Waals surface area contributed by atoms with Crippen LogP contribution in [0.15, 0.2) is 35.7 Å². The third kappa shape index (κ3) is 6.09. The van der Waals surface area contributed by atoms with Crippen molar-refractivity contribution in [2.24, 2.45) is 5.92 Å². The van der Waals surface area contributed by atoms with Crippen molar-refractivity contribution in [2.75, 3.05) is 45.9 Å². The molecule has 3 aliphatic rings. The fraction of sp³-hybridized carbons (Fsp3) is 0.607. The number of hydrogen-bond acceptors (Lipinski definition) is 6. The SMILES string of the molecule is CCOC(=O)N1CCC(CN2CCC3(CC2)CN(C(=O)N/C(C(C)=N)=C(\C)O)Cc2ccccc23)CC1. The maximum atomic E-state index is 13.2. The van der Waals surface area contributed by atoms with Gasteiger partial charge in [0.1, 0.15) is 11.5 Å². The number of carbonyl (C=O) groups excluding carboxylic acids is 2. The van der Waals surface area contributed by atoms with Crippen molar-refractivity contribution >= 4 is 17.8 Å². The van der Waals surface area contributed by atoms with E-state index < -0.39 is 0 Å². The number of rotatable bonds is 5. The molecular formula is C28H41N5O4. The molecule has 0 aliphatic carbocycles. The topological polar surface area (TPSA) is 109 Å². The first-order chi connectivity index (χ1) is 17.7. The number of aliphatic hydroxyl groups is 1. The average molecular weight is 512 g/mol. The first-order valence-electron chi connectivity index (χ1n) is 13.5. The Morgan fingerprint density at radius 2 is 1.78 bits per heavy atom. The zero-order chi connectivity index (χ0) is 26.6. The lowest BCUT2D eigenvalue weighted by Gasteiger charge is -2.49. The Labute approximate surface area is 219 Å². The molecule has 3 aliphatic heterocycles. The van der Waals surface area contributed by atoms with E-state index in [1.54, 1.807) is 6.92 Å². The number of amides is 3. The largest absolute Gasteiger partial charge is 0.510 e. The Balaban J connectivity index is 1.39. The number of nitrogens with zero attached hydrogens (tertiary/aromatic N) is 3. The Hall–Kier alpha value is -3.07. The van der Waals surface area contributed by atoms with E-state index in [-0.39, 0.29) is 34.7 Å². The van der Waals surface area contributed by atoms with E-state index in [0.717, 1.165) is 58.4 Å². The lowest BCUT2D eigenvalue weighted by molar-refractivity contribution is 0.0724. The number of piperidine rings is 2. The Morgan fingerprint density at radius 3 is 2.41 bits per heavy atom. The van der Waals surface area contributed by atoms with Crippen molar-refractivity contribution in [3.8, 4) is 0 Å². The number of nitrogens with one attached hydrogen (secondary N) is 2. The molecule has 3 amide bonds. The van der Waals surface area contributed by atoms with Gasteiger partial charge in [-0.15, -0.1) is 0 Å². The minimum absolute atomic E-state index is 0.0608. The molecule has 1 spiro atoms. The van der Waals surface area contributed by atoms with Gasteiger partial charge in [-0.25, -0.2) is 9.59 Å². The summed E-state index contributed by atoms with van der Waals surface area (Å²) in [5.41, 5.74) is 2.71. The highest BCUT2D eigenvalue weighted by Gasteiger charge is 2.43. The summed E-state index contributed by atoms with van der Waals surface area (Å²) in [6.45, 7) is 10.9. The second kappa shape index (κ2) is 11.5. The van der Waals surface area contributed by atoms with Crippen molar-refractivity contribution < 1.29 is 19.4 Å². The molecule has 0 radical (unpaired) electrons. The Kier molecular flexibility index (Phi) is 8.42. The van der Waals surface area contributed by atoms with E-state index in [1.165, 1.54) is 18.1 Å². The van der Waals surface area contributed by atoms with Crippen LogP contribution in [-0.2, 0) is 16.7 Å². The van der Waals surface area contributed by atoms with Crippen LogP contribution in [0.4, 0.5) is 9.59 Å². The summed E-state index contributed by atoms with van der Waals surface area (Å²) in [5, 5.41) is 20.6. The molecule has 202 valence electrons. The smallest absolute Gasteiger partial charge is 0.409 e. The van der Waals surface area contributed by atoms with E-state index in [1.807, 2.05) is 22.8 Å². The van der Waals surface area contributed by atoms with Crippen LogP contribution in [0.5, 0.6) is 0 Å². The van der Waals surface area contributed by atoms with Crippen molar-refractivity contribution in [1.82, 2.24) is 20.0 Å². The molecule has 1 aromatic rings. The maximum Gasteiger partial charge on any atom is 0.409 e. The highest BCUT2D eigenvalue weighted by Crippen LogP contribution is 2.42. The quantitative estimate of drug-likeness (QED) is 0.405. The van der Waals surface area contributed by atoms with Gasteiger partial charge in [-0.1, -0.05) is 24.3 Å². The molecular weight excluding hydrogens is 470 g/mol. The van der Waals surface area contributed by atoms with Gasteiger partial charge in [-0.05, 0) is 76.6 Å². The van der Waals surface area contributed by atoms with Gasteiger partial charge in [0.25, 0.3) is 0 Å². The first kappa shape index (κ1) is 27.0. The van der Waals surface area contributed by atoms with E-state index >= 15 is 0 Å². The number of hydrogen-bond donors (Lipinski definition) is 3. The van der Waals surface area contributed by atoms with Gasteiger partial charge in [-0.3, -0.25) is 0 Å². The molecule has 2 saturated heterocycles. The highest BCUT2D eigenvalue weighted by molar-refractivity contribution is 5.99. The van der Waals surface area contributed by atoms with Gasteiger partial charge >= 0.3 is 12.1 Å². The molecule has 0 saturated carbocycles. The van der Waals surface area contributed by atoms with Crippen LogP contribution in [0.25, 0.3) is 0 Å². The monoisotopic (exact) mass is 511 g/mol. The van der Waals surface area contributed by atoms with E-state index in [0.29, 0.717) is 25.6 Å². The second-order valence-electron chi connectivity index (χ2n) is 10.7. The van der Waals surface area contributed by atoms with Crippen LogP contribution >= 0.6 is 0 Å². The molecule has 3 N–H and O–H groups in total. The number of carbonyl (C=O) groups is 2. The van der Waals surface area contributed by atoms with Crippen LogP contribution < -0.4 is 5.32 Å². The Bertz CT molecular complexity index is 1030. The summed E-state index contributed by atoms with van der Waals surface area (Å²) < 4.78 is 5.15. The number of likely N-dealkylation sites (tertiary alicyclic amines) is 2. The fourth-order valence-electron chi connectivity index (χ4n) is 6.14. The Morgan fingerprint density at radius 1 is 1.11 bits per heavy atom. The minimum atomic E-state index is -0.278. The van der Waals surface area contributed by atoms with Crippen molar-refractivity contribution in [1.29, 1.82) is 5.41 Å². The number of ether oxygens (including phenoxy) is 1. The van der Waals surface area contributed by atoms with Gasteiger partial charge in [0.05, 0.1) is 12.3 Å². The molecule has 2 fully saturated rings. The number of urea groups is 1. The highest BCUT2D eigenvalue weighted by atomic mass is 16.6. The molecule has 0 atom stereocenters. The molecule has 9 nitrogen and oxygen atoms in total. The maximum absolute atomic E-state index is 13.2. The lowest BCUT2D eigenvalue weighted by Crippen LogP contribution is -2.55. The number of allylic oxidation sites excluding steroid dienone is 2. The van der Waals surface area contributed by atoms with Crippen LogP contribution in [0, 0.1) is 11.3 Å². The molecule has 9 heteroatoms. The first-order valence-corrected chi connectivity index (χ1v) is 13.5. The molecule has 3 heterocycles. The van der Waals surface area contributed by atoms with Crippen molar-refractivity contribution in [2.45, 2.75) is 58.4 Å². The molecule has 1 aromatic carbocycles. The summed E-state index contributed by atoms with van der Waals surface area (Å²) in [6.07, 6.45) is 3.76. The summed E-state index contributed by atoms with van der Waals surface area (Å²) in [6, 6.07) is 8.16. The van der Waals surface area contributed by atoms with Crippen LogP contribution in [0.3, 0.4) is 0 Å². The summed E-state index contributed by atoms with van der Waals surface area (Å²) in [7, 11) is 0. The fourth-order valence-corrected chi connectivity index (χ4v) is 6.14. The standard InChI is InChI=1S/C28H41N5O4/c1-4-37-27(36)32-13-9-22(10-14-32)17-31-15-11-28(12-16-31)19-33(18-23-7-5-6-8-24(23)28)26(35)30-25(20(2)29)21(3)34/h5-8,22,29,34H,4,9-19H2,1-3H3,(H,30,35)/b25-21+,29-20?. The second-order valence-corrected chi connectivity index (χ2v) is 10.7. The van der Waals surface area contributed by atoms with Crippen LogP contribution in [-0.4, -0.2) is 83.5 Å². The third-order valence-corrected chi connectivity index (χ3v) is 8.17. The van der Waals surface area contributed by atoms with Gasteiger partial charge < -0.3 is 35.3 Å². The zero-order valence-electron chi connectivity index (χ0n) is 22.4. The van der Waals surface area contributed by atoms with Crippen LogP contribution in [0.2, 0.25) is 0 Å². The molecule has 37 heavy (non-hydrogen) atoms. The van der Waals surface area contributed by atoms with Crippen LogP contribution in [0.1, 0.15) is 57.6 Å². The number of fused-ring (bicyclic) bond motifs is 2. The molecule has 0 aromatic heterocycles. The third-order valence-electron chi connectivity index (χ3n) is 8.17. The molecule has 0 bridgehead atoms. The summed E-state index contributed by atoms with van der Waals surface area (Å²) in [4.78, 5) is 31.4. The van der Waals surface area contributed by atoms with Gasteiger partial charge in [0.2, 0.25) is 0 Å². The minimum Gasteiger partial charge on any atom is -0.510 e. The zero-order valence-corrected chi connectivity index (χ0v) is 22.4. The van der Waals surface area contributed by atoms with Crippen molar-refractivity contribution in [3.63, 3.8) is 0 Å². The van der Waals surface area contributed by atoms with Gasteiger partial charge in [-0.2, -0.15) is 0 Å². The normalized spacial score (nSPS) is 20.7. The van der Waals surface area contributed by atoms with Crippen molar-refractivity contribution in [3.05, 3.63) is 46.8 Å². The predicted molar refractivity (Wildman–Crippen MR) is 143 cm³/mol. The van der Waals surface area contributed by atoms with Gasteiger partial charge in [0, 0.05) is 38.1 Å². The predicted octanol–water partition coefficient (Wildman–Crippen LogP) is 4.24. The number of aliphatic hydroxyl groups excluding tert-OH is 1. The summed E-state index contributed by atoms with van der Waals surface area (Å²) >= 11 is 0. The molecule has 4 rings (SSSR count). The van der Waals surface area contributed by atoms with E-state index in [2.05, 4.69) is 28.4 Å². The van der Waals surface area contributed by atoms with E-state index in [4.69, 9.17) is 10.1 Å². The lowest BCUT2D eigenvalue weighted by atomic mass is 9.68.